The van der Waals surface area contributed by atoms with E-state index >= 15 is 0 Å². The summed E-state index contributed by atoms with van der Waals surface area (Å²) in [6.45, 7) is 6.21. The van der Waals surface area contributed by atoms with Gasteiger partial charge in [-0.1, -0.05) is 17.7 Å². The molecule has 26 heavy (non-hydrogen) atoms. The summed E-state index contributed by atoms with van der Waals surface area (Å²) < 4.78 is 25.9. The predicted molar refractivity (Wildman–Crippen MR) is 101 cm³/mol. The van der Waals surface area contributed by atoms with Gasteiger partial charge in [0, 0.05) is 19.0 Å². The maximum atomic E-state index is 12.7. The van der Waals surface area contributed by atoms with Gasteiger partial charge in [-0.3, -0.25) is 13.9 Å². The van der Waals surface area contributed by atoms with E-state index in [2.05, 4.69) is 0 Å². The smallest absolute Gasteiger partial charge is 0.243 e. The van der Waals surface area contributed by atoms with Gasteiger partial charge in [0.25, 0.3) is 0 Å². The number of nitrogens with two attached hydrogens (primary N) is 1. The van der Waals surface area contributed by atoms with Crippen LogP contribution in [0.1, 0.15) is 29.5 Å². The van der Waals surface area contributed by atoms with E-state index in [1.165, 1.54) is 4.31 Å². The molecule has 8 heteroatoms. The number of carbonyl (C=O) groups excluding carboxylic acids is 2. The molecule has 2 rings (SSSR count). The van der Waals surface area contributed by atoms with E-state index in [4.69, 9.17) is 5.73 Å². The summed E-state index contributed by atoms with van der Waals surface area (Å²) in [5, 5.41) is 0. The molecule has 0 atom stereocenters. The van der Waals surface area contributed by atoms with Gasteiger partial charge in [-0.05, 0) is 44.7 Å². The summed E-state index contributed by atoms with van der Waals surface area (Å²) in [5.74, 6) is -0.829. The minimum atomic E-state index is -3.62. The molecule has 0 radical (unpaired) electrons. The molecule has 0 aliphatic carbocycles. The van der Waals surface area contributed by atoms with Gasteiger partial charge in [0.05, 0.1) is 11.9 Å². The summed E-state index contributed by atoms with van der Waals surface area (Å²) in [5.41, 5.74) is 8.54. The van der Waals surface area contributed by atoms with Gasteiger partial charge in [-0.15, -0.1) is 0 Å². The topological polar surface area (TPSA) is 101 Å². The van der Waals surface area contributed by atoms with Gasteiger partial charge in [-0.2, -0.15) is 0 Å². The quantitative estimate of drug-likeness (QED) is 0.825. The van der Waals surface area contributed by atoms with E-state index < -0.39 is 10.0 Å². The molecule has 1 fully saturated rings. The third kappa shape index (κ3) is 4.55. The number of amides is 2. The highest BCUT2D eigenvalue weighted by atomic mass is 32.2. The van der Waals surface area contributed by atoms with Crippen LogP contribution in [-0.2, 0) is 19.6 Å². The molecule has 144 valence electrons. The highest BCUT2D eigenvalue weighted by Crippen LogP contribution is 2.28. The first-order valence-corrected chi connectivity index (χ1v) is 10.5. The number of rotatable bonds is 5. The first kappa shape index (κ1) is 20.2. The number of anilines is 1. The number of aryl methyl sites for hydroxylation is 3. The normalized spacial score (nSPS) is 15.8. The molecule has 1 saturated heterocycles. The molecule has 2 N–H and O–H groups in total. The fourth-order valence-electron chi connectivity index (χ4n) is 3.56. The SMILES string of the molecule is Cc1cc(C)c(N(CC(=O)N2CCC(C(N)=O)CC2)S(C)(=O)=O)c(C)c1. The molecular formula is C18H27N3O4S. The number of piperidine rings is 1. The lowest BCUT2D eigenvalue weighted by atomic mass is 9.96. The first-order valence-electron chi connectivity index (χ1n) is 8.63. The van der Waals surface area contributed by atoms with Gasteiger partial charge in [0.15, 0.2) is 0 Å². The number of nitrogens with zero attached hydrogens (tertiary/aromatic N) is 2. The second-order valence-electron chi connectivity index (χ2n) is 7.07. The van der Waals surface area contributed by atoms with Gasteiger partial charge in [-0.25, -0.2) is 8.42 Å². The third-order valence-electron chi connectivity index (χ3n) is 4.81. The van der Waals surface area contributed by atoms with Crippen molar-refractivity contribution in [2.75, 3.05) is 30.2 Å². The molecule has 1 aromatic carbocycles. The van der Waals surface area contributed by atoms with Gasteiger partial charge >= 0.3 is 0 Å². The molecular weight excluding hydrogens is 354 g/mol. The number of hydrogen-bond acceptors (Lipinski definition) is 4. The molecule has 1 aliphatic heterocycles. The number of likely N-dealkylation sites (tertiary alicyclic amines) is 1. The van der Waals surface area contributed by atoms with Crippen LogP contribution in [0.5, 0.6) is 0 Å². The summed E-state index contributed by atoms with van der Waals surface area (Å²) in [7, 11) is -3.62. The Morgan fingerprint density at radius 3 is 2.08 bits per heavy atom. The number of benzene rings is 1. The Labute approximate surface area is 155 Å². The highest BCUT2D eigenvalue weighted by molar-refractivity contribution is 7.92. The van der Waals surface area contributed by atoms with Crippen molar-refractivity contribution in [2.24, 2.45) is 11.7 Å². The Kier molecular flexibility index (Phi) is 5.95. The van der Waals surface area contributed by atoms with Crippen LogP contribution in [0.15, 0.2) is 12.1 Å². The summed E-state index contributed by atoms with van der Waals surface area (Å²) in [6, 6.07) is 3.81. The largest absolute Gasteiger partial charge is 0.369 e. The lowest BCUT2D eigenvalue weighted by Crippen LogP contribution is -2.47. The van der Waals surface area contributed by atoms with Crippen molar-refractivity contribution < 1.29 is 18.0 Å². The van der Waals surface area contributed by atoms with Crippen LogP contribution in [0, 0.1) is 26.7 Å². The Hall–Kier alpha value is -2.09. The second-order valence-corrected chi connectivity index (χ2v) is 8.98. The number of carbonyl (C=O) groups is 2. The van der Waals surface area contributed by atoms with Crippen LogP contribution in [0.25, 0.3) is 0 Å². The van der Waals surface area contributed by atoms with Crippen molar-refractivity contribution in [1.82, 2.24) is 4.90 Å². The van der Waals surface area contributed by atoms with E-state index in [0.29, 0.717) is 31.6 Å². The zero-order chi connectivity index (χ0) is 19.6. The average molecular weight is 381 g/mol. The summed E-state index contributed by atoms with van der Waals surface area (Å²) in [6.07, 6.45) is 2.14. The fraction of sp³-hybridized carbons (Fsp3) is 0.556. The summed E-state index contributed by atoms with van der Waals surface area (Å²) >= 11 is 0. The lowest BCUT2D eigenvalue weighted by Gasteiger charge is -2.33. The van der Waals surface area contributed by atoms with Crippen molar-refractivity contribution in [3.63, 3.8) is 0 Å². The van der Waals surface area contributed by atoms with Gasteiger partial charge in [0.2, 0.25) is 21.8 Å². The maximum absolute atomic E-state index is 12.7. The maximum Gasteiger partial charge on any atom is 0.243 e. The third-order valence-corrected chi connectivity index (χ3v) is 5.93. The molecule has 1 heterocycles. The van der Waals surface area contributed by atoms with Crippen LogP contribution < -0.4 is 10.0 Å². The molecule has 0 saturated carbocycles. The van der Waals surface area contributed by atoms with E-state index in [9.17, 15) is 18.0 Å². The molecule has 2 amide bonds. The van der Waals surface area contributed by atoms with Crippen molar-refractivity contribution in [1.29, 1.82) is 0 Å². The van der Waals surface area contributed by atoms with Crippen molar-refractivity contribution in [3.8, 4) is 0 Å². The van der Waals surface area contributed by atoms with Crippen LogP contribution >= 0.6 is 0 Å². The Morgan fingerprint density at radius 2 is 1.65 bits per heavy atom. The Bertz CT molecular complexity index is 789. The van der Waals surface area contributed by atoms with Crippen LogP contribution in [-0.4, -0.2) is 51.0 Å². The monoisotopic (exact) mass is 381 g/mol. The van der Waals surface area contributed by atoms with E-state index in [-0.39, 0.29) is 24.3 Å². The number of hydrogen-bond donors (Lipinski definition) is 1. The lowest BCUT2D eigenvalue weighted by molar-refractivity contribution is -0.133. The molecule has 0 aromatic heterocycles. The zero-order valence-electron chi connectivity index (χ0n) is 15.8. The zero-order valence-corrected chi connectivity index (χ0v) is 16.6. The van der Waals surface area contributed by atoms with E-state index in [0.717, 1.165) is 22.9 Å². The molecule has 0 spiro atoms. The van der Waals surface area contributed by atoms with Crippen LogP contribution in [0.2, 0.25) is 0 Å². The van der Waals surface area contributed by atoms with E-state index in [1.807, 2.05) is 32.9 Å². The van der Waals surface area contributed by atoms with Crippen molar-refractivity contribution in [2.45, 2.75) is 33.6 Å². The fourth-order valence-corrected chi connectivity index (χ4v) is 4.53. The minimum Gasteiger partial charge on any atom is -0.369 e. The minimum absolute atomic E-state index is 0.216. The Balaban J connectivity index is 2.23. The Morgan fingerprint density at radius 1 is 1.15 bits per heavy atom. The molecule has 1 aliphatic rings. The molecule has 1 aromatic rings. The van der Waals surface area contributed by atoms with Crippen LogP contribution in [0.3, 0.4) is 0 Å². The molecule has 0 unspecified atom stereocenters. The number of primary amides is 1. The predicted octanol–water partition coefficient (Wildman–Crippen LogP) is 1.10. The van der Waals surface area contributed by atoms with Crippen molar-refractivity contribution >= 4 is 27.5 Å². The van der Waals surface area contributed by atoms with E-state index in [1.54, 1.807) is 4.90 Å². The molecule has 0 bridgehead atoms. The number of sulfonamides is 1. The molecule has 7 nitrogen and oxygen atoms in total. The first-order chi connectivity index (χ1) is 12.0. The van der Waals surface area contributed by atoms with Crippen LogP contribution in [0.4, 0.5) is 5.69 Å². The standard InChI is InChI=1S/C18H27N3O4S/c1-12-9-13(2)17(14(3)10-12)21(26(4,24)25)11-16(22)20-7-5-15(6-8-20)18(19)23/h9-10,15H,5-8,11H2,1-4H3,(H2,19,23). The average Bonchev–Trinajstić information content (AvgIpc) is 2.52. The highest BCUT2D eigenvalue weighted by Gasteiger charge is 2.30. The van der Waals surface area contributed by atoms with Gasteiger partial charge < -0.3 is 10.6 Å². The van der Waals surface area contributed by atoms with Crippen molar-refractivity contribution in [3.05, 3.63) is 28.8 Å². The summed E-state index contributed by atoms with van der Waals surface area (Å²) in [4.78, 5) is 25.6. The second kappa shape index (κ2) is 7.65. The van der Waals surface area contributed by atoms with Gasteiger partial charge in [0.1, 0.15) is 6.54 Å².